The molecule has 2 atom stereocenters. The molecule has 1 saturated heterocycles. The molecule has 1 fully saturated rings. The van der Waals surface area contributed by atoms with Gasteiger partial charge in [-0.05, 0) is 62.8 Å². The molecule has 0 aromatic heterocycles. The van der Waals surface area contributed by atoms with E-state index in [0.717, 1.165) is 17.7 Å². The molecule has 0 bridgehead atoms. The van der Waals surface area contributed by atoms with Crippen LogP contribution in [0.5, 0.6) is 0 Å². The van der Waals surface area contributed by atoms with E-state index in [1.165, 1.54) is 34.2 Å². The Hall–Kier alpha value is -1.54. The van der Waals surface area contributed by atoms with Crippen LogP contribution in [0.1, 0.15) is 37.8 Å². The summed E-state index contributed by atoms with van der Waals surface area (Å²) in [5.74, 6) is -0.545. The van der Waals surface area contributed by atoms with E-state index in [4.69, 9.17) is 4.74 Å². The van der Waals surface area contributed by atoms with E-state index in [1.807, 2.05) is 6.07 Å². The van der Waals surface area contributed by atoms with Crippen molar-refractivity contribution in [1.82, 2.24) is 4.90 Å². The van der Waals surface area contributed by atoms with Gasteiger partial charge < -0.3 is 9.64 Å². The van der Waals surface area contributed by atoms with Gasteiger partial charge in [-0.2, -0.15) is 0 Å². The van der Waals surface area contributed by atoms with Crippen molar-refractivity contribution in [2.75, 3.05) is 23.8 Å². The van der Waals surface area contributed by atoms with Crippen molar-refractivity contribution in [2.24, 2.45) is 0 Å². The van der Waals surface area contributed by atoms with Crippen LogP contribution in [0.4, 0.5) is 0 Å². The van der Waals surface area contributed by atoms with Crippen LogP contribution in [0.25, 0.3) is 0 Å². The topological polar surface area (TPSA) is 80.8 Å². The lowest BCUT2D eigenvalue weighted by Gasteiger charge is -2.29. The zero-order valence-corrected chi connectivity index (χ0v) is 18.0. The second-order valence-corrected chi connectivity index (χ2v) is 10.7. The van der Waals surface area contributed by atoms with E-state index in [1.54, 1.807) is 13.8 Å². The maximum Gasteiger partial charge on any atom is 0.317 e. The van der Waals surface area contributed by atoms with Crippen LogP contribution < -0.4 is 0 Å². The third-order valence-electron chi connectivity index (χ3n) is 5.36. The Bertz CT molecular complexity index is 852. The van der Waals surface area contributed by atoms with Crippen molar-refractivity contribution in [2.45, 2.75) is 56.6 Å². The first-order valence-corrected chi connectivity index (χ1v) is 12.5. The molecule has 154 valence electrons. The molecule has 0 N–H and O–H groups in total. The molecule has 3 rings (SSSR count). The van der Waals surface area contributed by atoms with Gasteiger partial charge in [-0.3, -0.25) is 9.59 Å². The summed E-state index contributed by atoms with van der Waals surface area (Å²) in [5.41, 5.74) is 2.74. The number of amides is 1. The van der Waals surface area contributed by atoms with Crippen LogP contribution in [0.15, 0.2) is 23.1 Å². The lowest BCUT2D eigenvalue weighted by atomic mass is 10.1. The molecule has 6 nitrogen and oxygen atoms in total. The maximum absolute atomic E-state index is 12.7. The first-order valence-electron chi connectivity index (χ1n) is 9.74. The molecule has 1 heterocycles. The van der Waals surface area contributed by atoms with E-state index in [2.05, 4.69) is 12.1 Å². The second-order valence-electron chi connectivity index (χ2n) is 7.39. The average molecular weight is 426 g/mol. The molecule has 1 aromatic rings. The zero-order valence-electron chi connectivity index (χ0n) is 16.3. The van der Waals surface area contributed by atoms with Crippen molar-refractivity contribution in [1.29, 1.82) is 0 Å². The molecule has 0 saturated carbocycles. The summed E-state index contributed by atoms with van der Waals surface area (Å²) in [6.07, 6.45) is 2.91. The van der Waals surface area contributed by atoms with Gasteiger partial charge in [-0.25, -0.2) is 8.42 Å². The second kappa shape index (κ2) is 8.86. The number of sulfone groups is 1. The Labute approximate surface area is 170 Å². The zero-order chi connectivity index (χ0) is 20.3. The largest absolute Gasteiger partial charge is 0.452 e. The molecule has 0 spiro atoms. The Kier molecular flexibility index (Phi) is 6.70. The van der Waals surface area contributed by atoms with Crippen LogP contribution in [0.3, 0.4) is 0 Å². The fraction of sp³-hybridized carbons (Fsp3) is 0.600. The number of fused-ring (bicyclic) bond motifs is 1. The predicted octanol–water partition coefficient (Wildman–Crippen LogP) is 2.23. The Morgan fingerprint density at radius 3 is 2.71 bits per heavy atom. The minimum Gasteiger partial charge on any atom is -0.452 e. The predicted molar refractivity (Wildman–Crippen MR) is 109 cm³/mol. The van der Waals surface area contributed by atoms with E-state index < -0.39 is 21.9 Å². The maximum atomic E-state index is 12.7. The number of carbonyl (C=O) groups excluding carboxylic acids is 2. The van der Waals surface area contributed by atoms with Crippen LogP contribution in [-0.4, -0.2) is 61.1 Å². The van der Waals surface area contributed by atoms with Gasteiger partial charge in [0.1, 0.15) is 0 Å². The van der Waals surface area contributed by atoms with E-state index >= 15 is 0 Å². The lowest BCUT2D eigenvalue weighted by Crippen LogP contribution is -2.46. The number of thioether (sulfide) groups is 1. The number of esters is 1. The van der Waals surface area contributed by atoms with Crippen LogP contribution >= 0.6 is 11.8 Å². The SMILES string of the molecule is CCN(C(=O)[C@H](C)OC(=O)CSc1ccc2c(c1)CCC2)[C@@H]1CCS(=O)(=O)C1. The van der Waals surface area contributed by atoms with Crippen LogP contribution in [-0.2, 0) is 37.0 Å². The number of nitrogens with zero attached hydrogens (tertiary/aromatic N) is 1. The first-order chi connectivity index (χ1) is 13.3. The Balaban J connectivity index is 1.50. The van der Waals surface area contributed by atoms with Gasteiger partial charge in [-0.15, -0.1) is 11.8 Å². The third-order valence-corrected chi connectivity index (χ3v) is 8.07. The fourth-order valence-electron chi connectivity index (χ4n) is 3.91. The van der Waals surface area contributed by atoms with Crippen LogP contribution in [0, 0.1) is 0 Å². The molecule has 1 aliphatic carbocycles. The monoisotopic (exact) mass is 425 g/mol. The fourth-order valence-corrected chi connectivity index (χ4v) is 6.38. The Morgan fingerprint density at radius 2 is 2.04 bits per heavy atom. The number of aryl methyl sites for hydroxylation is 2. The summed E-state index contributed by atoms with van der Waals surface area (Å²) in [6, 6.07) is 5.95. The summed E-state index contributed by atoms with van der Waals surface area (Å²) < 4.78 is 28.7. The van der Waals surface area contributed by atoms with Gasteiger partial charge in [-0.1, -0.05) is 6.07 Å². The quantitative estimate of drug-likeness (QED) is 0.492. The standard InChI is InChI=1S/C20H27NO5S2/c1-3-21(17-9-10-28(24,25)13-17)20(23)14(2)26-19(22)12-27-18-8-7-15-5-4-6-16(15)11-18/h7-8,11,14,17H,3-6,9-10,12-13H2,1-2H3/t14-,17+/m0/s1. The van der Waals surface area contributed by atoms with Gasteiger partial charge >= 0.3 is 5.97 Å². The van der Waals surface area contributed by atoms with Gasteiger partial charge in [0.05, 0.1) is 17.3 Å². The number of ether oxygens (including phenoxy) is 1. The average Bonchev–Trinajstić information content (AvgIpc) is 3.26. The normalized spacial score (nSPS) is 21.1. The third kappa shape index (κ3) is 5.08. The molecule has 1 aromatic carbocycles. The van der Waals surface area contributed by atoms with Gasteiger partial charge in [0.25, 0.3) is 5.91 Å². The highest BCUT2D eigenvalue weighted by molar-refractivity contribution is 8.00. The molecule has 0 unspecified atom stereocenters. The highest BCUT2D eigenvalue weighted by Gasteiger charge is 2.36. The summed E-state index contributed by atoms with van der Waals surface area (Å²) in [4.78, 5) is 27.4. The van der Waals surface area contributed by atoms with Crippen LogP contribution in [0.2, 0.25) is 0 Å². The van der Waals surface area contributed by atoms with E-state index in [-0.39, 0.29) is 29.2 Å². The van der Waals surface area contributed by atoms with Crippen molar-refractivity contribution in [3.8, 4) is 0 Å². The van der Waals surface area contributed by atoms with Gasteiger partial charge in [0.15, 0.2) is 15.9 Å². The number of hydrogen-bond acceptors (Lipinski definition) is 6. The van der Waals surface area contributed by atoms with Gasteiger partial charge in [0, 0.05) is 17.5 Å². The summed E-state index contributed by atoms with van der Waals surface area (Å²) in [6.45, 7) is 3.75. The summed E-state index contributed by atoms with van der Waals surface area (Å²) in [7, 11) is -3.08. The minimum absolute atomic E-state index is 0.0125. The molecule has 8 heteroatoms. The Morgan fingerprint density at radius 1 is 1.29 bits per heavy atom. The molecule has 28 heavy (non-hydrogen) atoms. The van der Waals surface area contributed by atoms with E-state index in [0.29, 0.717) is 13.0 Å². The van der Waals surface area contributed by atoms with E-state index in [9.17, 15) is 18.0 Å². The van der Waals surface area contributed by atoms with Crippen molar-refractivity contribution >= 4 is 33.5 Å². The van der Waals surface area contributed by atoms with Crippen molar-refractivity contribution < 1.29 is 22.7 Å². The molecular weight excluding hydrogens is 398 g/mol. The molecule has 1 aliphatic heterocycles. The number of rotatable bonds is 7. The molecule has 1 amide bonds. The highest BCUT2D eigenvalue weighted by atomic mass is 32.2. The number of carbonyl (C=O) groups is 2. The van der Waals surface area contributed by atoms with Gasteiger partial charge in [0.2, 0.25) is 0 Å². The molecule has 0 radical (unpaired) electrons. The number of benzene rings is 1. The highest BCUT2D eigenvalue weighted by Crippen LogP contribution is 2.27. The molecular formula is C20H27NO5S2. The number of likely N-dealkylation sites (N-methyl/N-ethyl adjacent to an activating group) is 1. The summed E-state index contributed by atoms with van der Waals surface area (Å²) in [5, 5.41) is 0. The van der Waals surface area contributed by atoms with Crippen molar-refractivity contribution in [3.63, 3.8) is 0 Å². The smallest absolute Gasteiger partial charge is 0.317 e. The van der Waals surface area contributed by atoms with Crippen molar-refractivity contribution in [3.05, 3.63) is 29.3 Å². The lowest BCUT2D eigenvalue weighted by molar-refractivity contribution is -0.157. The molecule has 2 aliphatic rings. The summed E-state index contributed by atoms with van der Waals surface area (Å²) >= 11 is 1.41. The first kappa shape index (κ1) is 21.2. The number of hydrogen-bond donors (Lipinski definition) is 0. The minimum atomic E-state index is -3.08.